The number of aryl methyl sites for hydroxylation is 2. The minimum absolute atomic E-state index is 0.363. The van der Waals surface area contributed by atoms with Crippen LogP contribution < -0.4 is 10.6 Å². The molecule has 1 amide bonds. The molecule has 4 nitrogen and oxygen atoms in total. The van der Waals surface area contributed by atoms with Gasteiger partial charge in [0.05, 0.1) is 6.61 Å². The highest BCUT2D eigenvalue weighted by Crippen LogP contribution is 2.31. The number of hydrogen-bond donors (Lipinski definition) is 2. The summed E-state index contributed by atoms with van der Waals surface area (Å²) in [6.07, 6.45) is 1.58. The van der Waals surface area contributed by atoms with Gasteiger partial charge in [-0.25, -0.2) is 4.79 Å². The second kappa shape index (κ2) is 5.87. The van der Waals surface area contributed by atoms with Crippen molar-refractivity contribution in [2.75, 3.05) is 17.2 Å². The minimum Gasteiger partial charge on any atom is -0.450 e. The van der Waals surface area contributed by atoms with Gasteiger partial charge in [0, 0.05) is 17.1 Å². The molecule has 0 unspecified atom stereocenters. The Morgan fingerprint density at radius 3 is 2.71 bits per heavy atom. The van der Waals surface area contributed by atoms with Crippen LogP contribution in [0.3, 0.4) is 0 Å². The number of carbonyl (C=O) groups excluding carboxylic acids is 1. The van der Waals surface area contributed by atoms with E-state index in [0.29, 0.717) is 6.61 Å². The second-order valence-corrected chi connectivity index (χ2v) is 5.00. The van der Waals surface area contributed by atoms with E-state index in [4.69, 9.17) is 4.74 Å². The Hall–Kier alpha value is -2.49. The van der Waals surface area contributed by atoms with E-state index in [9.17, 15) is 4.79 Å². The number of para-hydroxylation sites is 1. The van der Waals surface area contributed by atoms with E-state index in [1.165, 1.54) is 11.1 Å². The molecule has 2 aromatic carbocycles. The van der Waals surface area contributed by atoms with Gasteiger partial charge in [0.15, 0.2) is 0 Å². The maximum absolute atomic E-state index is 11.5. The molecular formula is C17H18N2O2. The third kappa shape index (κ3) is 2.99. The van der Waals surface area contributed by atoms with Crippen LogP contribution in [0.2, 0.25) is 0 Å². The molecule has 0 radical (unpaired) electrons. The summed E-state index contributed by atoms with van der Waals surface area (Å²) in [4.78, 5) is 11.5. The molecule has 0 saturated heterocycles. The molecule has 0 atom stereocenters. The standard InChI is InChI=1S/C17H18N2O2/c1-2-21-17(20)18-14-10-9-13-8-7-12-5-3-4-6-15(12)19-16(13)11-14/h3-6,9-11,19H,2,7-8H2,1H3,(H,18,20). The van der Waals surface area contributed by atoms with E-state index in [1.807, 2.05) is 18.2 Å². The number of hydrogen-bond acceptors (Lipinski definition) is 3. The number of amides is 1. The molecule has 3 rings (SSSR count). The Labute approximate surface area is 124 Å². The van der Waals surface area contributed by atoms with Gasteiger partial charge in [-0.3, -0.25) is 5.32 Å². The molecule has 0 aromatic heterocycles. The molecule has 0 aliphatic carbocycles. The van der Waals surface area contributed by atoms with E-state index in [2.05, 4.69) is 34.9 Å². The number of ether oxygens (including phenoxy) is 1. The molecule has 0 bridgehead atoms. The fourth-order valence-electron chi connectivity index (χ4n) is 2.55. The number of rotatable bonds is 2. The van der Waals surface area contributed by atoms with Gasteiger partial charge < -0.3 is 10.1 Å². The smallest absolute Gasteiger partial charge is 0.411 e. The number of anilines is 3. The number of benzene rings is 2. The first-order valence-electron chi connectivity index (χ1n) is 7.18. The summed E-state index contributed by atoms with van der Waals surface area (Å²) in [5, 5.41) is 6.19. The molecule has 1 aliphatic rings. The highest BCUT2D eigenvalue weighted by molar-refractivity contribution is 5.86. The van der Waals surface area contributed by atoms with Gasteiger partial charge in [-0.05, 0) is 49.1 Å². The lowest BCUT2D eigenvalue weighted by Crippen LogP contribution is -2.13. The predicted octanol–water partition coefficient (Wildman–Crippen LogP) is 4.10. The van der Waals surface area contributed by atoms with Crippen molar-refractivity contribution < 1.29 is 9.53 Å². The molecule has 108 valence electrons. The molecule has 0 spiro atoms. The summed E-state index contributed by atoms with van der Waals surface area (Å²) in [6, 6.07) is 14.2. The molecule has 4 heteroatoms. The first-order chi connectivity index (χ1) is 10.3. The van der Waals surface area contributed by atoms with E-state index in [1.54, 1.807) is 6.92 Å². The zero-order valence-electron chi connectivity index (χ0n) is 12.0. The SMILES string of the molecule is CCOC(=O)Nc1ccc2c(c1)Nc1ccccc1CC2. The quantitative estimate of drug-likeness (QED) is 0.872. The topological polar surface area (TPSA) is 50.4 Å². The zero-order chi connectivity index (χ0) is 14.7. The van der Waals surface area contributed by atoms with Crippen LogP contribution in [-0.4, -0.2) is 12.7 Å². The van der Waals surface area contributed by atoms with E-state index < -0.39 is 6.09 Å². The van der Waals surface area contributed by atoms with Gasteiger partial charge in [-0.2, -0.15) is 0 Å². The molecular weight excluding hydrogens is 264 g/mol. The summed E-state index contributed by atoms with van der Waals surface area (Å²) in [5.41, 5.74) is 5.46. The van der Waals surface area contributed by atoms with E-state index >= 15 is 0 Å². The average Bonchev–Trinajstić information content (AvgIpc) is 2.66. The van der Waals surface area contributed by atoms with Gasteiger partial charge in [-0.15, -0.1) is 0 Å². The van der Waals surface area contributed by atoms with Crippen LogP contribution in [0.4, 0.5) is 21.9 Å². The van der Waals surface area contributed by atoms with Crippen molar-refractivity contribution >= 4 is 23.2 Å². The Morgan fingerprint density at radius 1 is 1.14 bits per heavy atom. The van der Waals surface area contributed by atoms with Gasteiger partial charge in [0.2, 0.25) is 0 Å². The molecule has 2 aromatic rings. The molecule has 0 fully saturated rings. The van der Waals surface area contributed by atoms with Crippen molar-refractivity contribution in [3.8, 4) is 0 Å². The monoisotopic (exact) mass is 282 g/mol. The van der Waals surface area contributed by atoms with Gasteiger partial charge >= 0.3 is 6.09 Å². The van der Waals surface area contributed by atoms with E-state index in [-0.39, 0.29) is 0 Å². The van der Waals surface area contributed by atoms with E-state index in [0.717, 1.165) is 29.9 Å². The summed E-state index contributed by atoms with van der Waals surface area (Å²) in [6.45, 7) is 2.15. The Morgan fingerprint density at radius 2 is 1.90 bits per heavy atom. The van der Waals surface area contributed by atoms with Gasteiger partial charge in [-0.1, -0.05) is 24.3 Å². The predicted molar refractivity (Wildman–Crippen MR) is 84.2 cm³/mol. The number of fused-ring (bicyclic) bond motifs is 2. The van der Waals surface area contributed by atoms with Gasteiger partial charge in [0.25, 0.3) is 0 Å². The van der Waals surface area contributed by atoms with Crippen LogP contribution >= 0.6 is 0 Å². The second-order valence-electron chi connectivity index (χ2n) is 5.00. The van der Waals surface area contributed by atoms with Crippen LogP contribution in [0, 0.1) is 0 Å². The van der Waals surface area contributed by atoms with Crippen LogP contribution in [0.25, 0.3) is 0 Å². The minimum atomic E-state index is -0.425. The lowest BCUT2D eigenvalue weighted by atomic mass is 10.0. The molecule has 21 heavy (non-hydrogen) atoms. The summed E-state index contributed by atoms with van der Waals surface area (Å²) in [7, 11) is 0. The first kappa shape index (κ1) is 13.5. The molecule has 1 aliphatic heterocycles. The van der Waals surface area contributed by atoms with Crippen molar-refractivity contribution in [3.05, 3.63) is 53.6 Å². The summed E-state index contributed by atoms with van der Waals surface area (Å²) >= 11 is 0. The van der Waals surface area contributed by atoms with Crippen molar-refractivity contribution in [2.45, 2.75) is 19.8 Å². The van der Waals surface area contributed by atoms with Crippen LogP contribution in [0.1, 0.15) is 18.1 Å². The largest absolute Gasteiger partial charge is 0.450 e. The highest BCUT2D eigenvalue weighted by atomic mass is 16.5. The lowest BCUT2D eigenvalue weighted by molar-refractivity contribution is 0.168. The zero-order valence-corrected chi connectivity index (χ0v) is 12.0. The fourth-order valence-corrected chi connectivity index (χ4v) is 2.55. The Kier molecular flexibility index (Phi) is 3.77. The van der Waals surface area contributed by atoms with Crippen molar-refractivity contribution in [3.63, 3.8) is 0 Å². The molecule has 1 heterocycles. The third-order valence-corrected chi connectivity index (χ3v) is 3.58. The molecule has 2 N–H and O–H groups in total. The van der Waals surface area contributed by atoms with Crippen LogP contribution in [-0.2, 0) is 17.6 Å². The van der Waals surface area contributed by atoms with Crippen molar-refractivity contribution in [1.29, 1.82) is 0 Å². The Bertz CT molecular complexity index is 668. The van der Waals surface area contributed by atoms with Crippen LogP contribution in [0.15, 0.2) is 42.5 Å². The summed E-state index contributed by atoms with van der Waals surface area (Å²) in [5.74, 6) is 0. The van der Waals surface area contributed by atoms with Crippen molar-refractivity contribution in [1.82, 2.24) is 0 Å². The molecule has 0 saturated carbocycles. The third-order valence-electron chi connectivity index (χ3n) is 3.58. The highest BCUT2D eigenvalue weighted by Gasteiger charge is 2.13. The number of carbonyl (C=O) groups is 1. The maximum atomic E-state index is 11.5. The fraction of sp³-hybridized carbons (Fsp3) is 0.235. The lowest BCUT2D eigenvalue weighted by Gasteiger charge is -2.12. The summed E-state index contributed by atoms with van der Waals surface area (Å²) < 4.78 is 4.90. The van der Waals surface area contributed by atoms with Crippen molar-refractivity contribution in [2.24, 2.45) is 0 Å². The van der Waals surface area contributed by atoms with Gasteiger partial charge in [0.1, 0.15) is 0 Å². The maximum Gasteiger partial charge on any atom is 0.411 e. The first-order valence-corrected chi connectivity index (χ1v) is 7.18. The normalized spacial score (nSPS) is 12.4. The number of nitrogens with one attached hydrogen (secondary N) is 2. The van der Waals surface area contributed by atoms with Crippen LogP contribution in [0.5, 0.6) is 0 Å². The Balaban J connectivity index is 1.86. The average molecular weight is 282 g/mol.